The van der Waals surface area contributed by atoms with Crippen LogP contribution in [-0.4, -0.2) is 65.0 Å². The fraction of sp³-hybridized carbons (Fsp3) is 0.583. The third-order valence-corrected chi connectivity index (χ3v) is 5.34. The van der Waals surface area contributed by atoms with Gasteiger partial charge in [-0.15, -0.1) is 0 Å². The third kappa shape index (κ3) is 2.28. The van der Waals surface area contributed by atoms with Gasteiger partial charge < -0.3 is 20.8 Å². The Morgan fingerprint density at radius 3 is 2.32 bits per heavy atom. The minimum atomic E-state index is -3.98. The first kappa shape index (κ1) is 16.4. The summed E-state index contributed by atoms with van der Waals surface area (Å²) in [5.74, 6) is -4.13. The summed E-state index contributed by atoms with van der Waals surface area (Å²) in [4.78, 5) is 35.8. The number of hydrogen-bond donors (Lipinski definition) is 3. The van der Waals surface area contributed by atoms with Crippen LogP contribution in [0.3, 0.4) is 0 Å². The molecular weight excluding hydrogens is 316 g/mol. The van der Waals surface area contributed by atoms with Crippen LogP contribution in [0.2, 0.25) is 0 Å². The fourth-order valence-electron chi connectivity index (χ4n) is 3.18. The van der Waals surface area contributed by atoms with Crippen molar-refractivity contribution >= 4 is 27.6 Å². The molecule has 2 aliphatic rings. The number of nitrogens with zero attached hydrogens (tertiary/aromatic N) is 1. The number of rotatable bonds is 5. The van der Waals surface area contributed by atoms with Crippen LogP contribution in [0.25, 0.3) is 0 Å². The van der Waals surface area contributed by atoms with Gasteiger partial charge >= 0.3 is 5.97 Å². The highest BCUT2D eigenvalue weighted by Gasteiger charge is 2.58. The average Bonchev–Trinajstić information content (AvgIpc) is 2.61. The van der Waals surface area contributed by atoms with E-state index >= 15 is 0 Å². The van der Waals surface area contributed by atoms with Crippen molar-refractivity contribution in [2.75, 3.05) is 6.26 Å². The molecule has 122 valence electrons. The molecule has 2 heterocycles. The molecule has 1 saturated heterocycles. The SMILES string of the molecule is CC(O)C1C(=O)N2C(C(=O)O)=C(C(C(N)=O)S(C)(=O)=O)CC12. The lowest BCUT2D eigenvalue weighted by Crippen LogP contribution is -2.61. The Balaban J connectivity index is 2.54. The first-order valence-corrected chi connectivity index (χ1v) is 8.39. The predicted octanol–water partition coefficient (Wildman–Crippen LogP) is -2.16. The minimum Gasteiger partial charge on any atom is -0.477 e. The molecule has 0 aromatic rings. The van der Waals surface area contributed by atoms with E-state index in [1.807, 2.05) is 0 Å². The number of hydrogen-bond acceptors (Lipinski definition) is 6. The Labute approximate surface area is 126 Å². The lowest BCUT2D eigenvalue weighted by molar-refractivity contribution is -0.161. The zero-order valence-electron chi connectivity index (χ0n) is 11.9. The second kappa shape index (κ2) is 5.06. The molecule has 4 unspecified atom stereocenters. The highest BCUT2D eigenvalue weighted by molar-refractivity contribution is 7.92. The topological polar surface area (TPSA) is 155 Å². The summed E-state index contributed by atoms with van der Waals surface area (Å²) in [6.07, 6.45) is -0.351. The Bertz CT molecular complexity index is 694. The van der Waals surface area contributed by atoms with Crippen molar-refractivity contribution in [1.29, 1.82) is 0 Å². The molecule has 0 saturated carbocycles. The predicted molar refractivity (Wildman–Crippen MR) is 72.9 cm³/mol. The number of carboxylic acids is 1. The van der Waals surface area contributed by atoms with E-state index in [0.29, 0.717) is 0 Å². The number of β-lactam (4-membered cyclic amide) rings is 1. The Morgan fingerprint density at radius 1 is 1.41 bits per heavy atom. The number of amides is 2. The Kier molecular flexibility index (Phi) is 3.78. The molecule has 4 N–H and O–H groups in total. The van der Waals surface area contributed by atoms with E-state index in [-0.39, 0.29) is 12.0 Å². The van der Waals surface area contributed by atoms with Crippen LogP contribution >= 0.6 is 0 Å². The average molecular weight is 332 g/mol. The van der Waals surface area contributed by atoms with Crippen LogP contribution < -0.4 is 5.73 Å². The number of carbonyl (C=O) groups is 3. The largest absolute Gasteiger partial charge is 0.477 e. The lowest BCUT2D eigenvalue weighted by Gasteiger charge is -2.44. The number of fused-ring (bicyclic) bond motifs is 1. The summed E-state index contributed by atoms with van der Waals surface area (Å²) in [7, 11) is -3.98. The molecule has 0 radical (unpaired) electrons. The molecule has 2 amide bonds. The number of carbonyl (C=O) groups excluding carboxylic acids is 2. The quantitative estimate of drug-likeness (QED) is 0.484. The summed E-state index contributed by atoms with van der Waals surface area (Å²) in [6.45, 7) is 1.39. The van der Waals surface area contributed by atoms with Gasteiger partial charge in [0.15, 0.2) is 15.1 Å². The van der Waals surface area contributed by atoms with E-state index in [1.54, 1.807) is 0 Å². The number of aliphatic hydroxyl groups is 1. The van der Waals surface area contributed by atoms with Gasteiger partial charge in [-0.05, 0) is 18.9 Å². The molecule has 10 heteroatoms. The van der Waals surface area contributed by atoms with Crippen LogP contribution in [0, 0.1) is 5.92 Å². The normalized spacial score (nSPS) is 27.2. The molecule has 2 rings (SSSR count). The van der Waals surface area contributed by atoms with Gasteiger partial charge in [-0.25, -0.2) is 13.2 Å². The van der Waals surface area contributed by atoms with Gasteiger partial charge in [0.05, 0.1) is 18.1 Å². The van der Waals surface area contributed by atoms with E-state index in [4.69, 9.17) is 5.73 Å². The maximum atomic E-state index is 12.0. The molecule has 0 aromatic heterocycles. The molecule has 2 aliphatic heterocycles. The maximum absolute atomic E-state index is 12.0. The summed E-state index contributed by atoms with van der Waals surface area (Å²) >= 11 is 0. The van der Waals surface area contributed by atoms with Crippen molar-refractivity contribution in [2.24, 2.45) is 11.7 Å². The van der Waals surface area contributed by atoms with Gasteiger partial charge in [0.1, 0.15) is 5.70 Å². The monoisotopic (exact) mass is 332 g/mol. The minimum absolute atomic E-state index is 0.121. The van der Waals surface area contributed by atoms with Crippen LogP contribution in [0.15, 0.2) is 11.3 Å². The van der Waals surface area contributed by atoms with Crippen molar-refractivity contribution in [3.8, 4) is 0 Å². The number of nitrogens with two attached hydrogens (primary N) is 1. The van der Waals surface area contributed by atoms with Crippen molar-refractivity contribution in [1.82, 2.24) is 4.90 Å². The van der Waals surface area contributed by atoms with E-state index in [9.17, 15) is 33.0 Å². The molecule has 9 nitrogen and oxygen atoms in total. The van der Waals surface area contributed by atoms with Crippen LogP contribution in [0.5, 0.6) is 0 Å². The third-order valence-electron chi connectivity index (χ3n) is 3.97. The summed E-state index contributed by atoms with van der Waals surface area (Å²) in [5, 5.41) is 17.1. The van der Waals surface area contributed by atoms with Crippen molar-refractivity contribution in [3.05, 3.63) is 11.3 Å². The van der Waals surface area contributed by atoms with Crippen molar-refractivity contribution in [2.45, 2.75) is 30.7 Å². The Hall–Kier alpha value is -1.94. The van der Waals surface area contributed by atoms with Gasteiger partial charge in [0, 0.05) is 6.26 Å². The zero-order chi connectivity index (χ0) is 17.0. The Morgan fingerprint density at radius 2 is 1.95 bits per heavy atom. The zero-order valence-corrected chi connectivity index (χ0v) is 12.7. The van der Waals surface area contributed by atoms with Gasteiger partial charge in [0.25, 0.3) is 0 Å². The molecule has 1 fully saturated rings. The van der Waals surface area contributed by atoms with E-state index in [2.05, 4.69) is 0 Å². The standard InChI is InChI=1S/C12H16N2O7S/c1-4(15)7-6-3-5(9(10(13)16)22(2,20)21)8(12(18)19)14(6)11(7)17/h4,6-7,9,15H,3H2,1-2H3,(H2,13,16)(H,18,19). The highest BCUT2D eigenvalue weighted by Crippen LogP contribution is 2.45. The lowest BCUT2D eigenvalue weighted by atomic mass is 9.83. The smallest absolute Gasteiger partial charge is 0.352 e. The number of sulfone groups is 1. The maximum Gasteiger partial charge on any atom is 0.352 e. The van der Waals surface area contributed by atoms with Crippen LogP contribution in [0.1, 0.15) is 13.3 Å². The van der Waals surface area contributed by atoms with Gasteiger partial charge in [-0.1, -0.05) is 0 Å². The number of aliphatic carboxylic acids is 1. The molecule has 22 heavy (non-hydrogen) atoms. The van der Waals surface area contributed by atoms with Crippen LogP contribution in [0.4, 0.5) is 0 Å². The molecule has 0 aliphatic carbocycles. The fourth-order valence-corrected chi connectivity index (χ4v) is 4.33. The van der Waals surface area contributed by atoms with E-state index in [1.165, 1.54) is 6.92 Å². The van der Waals surface area contributed by atoms with E-state index < -0.39 is 56.6 Å². The van der Waals surface area contributed by atoms with Crippen molar-refractivity contribution in [3.63, 3.8) is 0 Å². The second-order valence-electron chi connectivity index (χ2n) is 5.54. The van der Waals surface area contributed by atoms with Gasteiger partial charge in [-0.3, -0.25) is 9.59 Å². The first-order valence-electron chi connectivity index (χ1n) is 6.44. The molecular formula is C12H16N2O7S. The number of carboxylic acid groups (broad SMARTS) is 1. The van der Waals surface area contributed by atoms with Gasteiger partial charge in [-0.2, -0.15) is 0 Å². The highest BCUT2D eigenvalue weighted by atomic mass is 32.2. The molecule has 0 spiro atoms. The summed E-state index contributed by atoms with van der Waals surface area (Å²) in [6, 6.07) is -0.669. The summed E-state index contributed by atoms with van der Waals surface area (Å²) in [5.41, 5.74) is 4.38. The van der Waals surface area contributed by atoms with E-state index in [0.717, 1.165) is 11.2 Å². The first-order chi connectivity index (χ1) is 9.98. The second-order valence-corrected chi connectivity index (χ2v) is 7.67. The van der Waals surface area contributed by atoms with Gasteiger partial charge in [0.2, 0.25) is 11.8 Å². The summed E-state index contributed by atoms with van der Waals surface area (Å²) < 4.78 is 23.6. The number of aliphatic hydroxyl groups excluding tert-OH is 1. The van der Waals surface area contributed by atoms with Crippen molar-refractivity contribution < 1.29 is 33.0 Å². The number of primary amides is 1. The molecule has 0 bridgehead atoms. The van der Waals surface area contributed by atoms with Crippen LogP contribution in [-0.2, 0) is 24.2 Å². The molecule has 0 aromatic carbocycles. The molecule has 4 atom stereocenters.